The number of amides is 2. The Morgan fingerprint density at radius 1 is 1.48 bits per heavy atom. The number of halogens is 1. The first-order valence-corrected chi connectivity index (χ1v) is 7.99. The first-order valence-electron chi connectivity index (χ1n) is 7.99. The van der Waals surface area contributed by atoms with E-state index < -0.39 is 0 Å². The third kappa shape index (κ3) is 3.02. The maximum absolute atomic E-state index is 13.5. The number of hydrogen-bond donors (Lipinski definition) is 1. The van der Waals surface area contributed by atoms with E-state index in [2.05, 4.69) is 16.3 Å². The van der Waals surface area contributed by atoms with Crippen LogP contribution in [-0.2, 0) is 6.54 Å². The molecular weight excluding hydrogens is 295 g/mol. The molecule has 0 bridgehead atoms. The van der Waals surface area contributed by atoms with Crippen LogP contribution in [0.2, 0.25) is 0 Å². The van der Waals surface area contributed by atoms with Gasteiger partial charge in [-0.2, -0.15) is 5.26 Å². The van der Waals surface area contributed by atoms with Crippen LogP contribution in [-0.4, -0.2) is 47.0 Å². The summed E-state index contributed by atoms with van der Waals surface area (Å²) in [6.07, 6.45) is 0.888. The summed E-state index contributed by atoms with van der Waals surface area (Å²) in [5, 5.41) is 12.2. The summed E-state index contributed by atoms with van der Waals surface area (Å²) < 4.78 is 13.5. The molecule has 2 saturated heterocycles. The number of benzene rings is 1. The van der Waals surface area contributed by atoms with Crippen LogP contribution >= 0.6 is 0 Å². The number of rotatable bonds is 3. The van der Waals surface area contributed by atoms with Crippen molar-refractivity contribution in [1.82, 2.24) is 15.1 Å². The zero-order valence-corrected chi connectivity index (χ0v) is 13.4. The molecule has 2 amide bonds. The van der Waals surface area contributed by atoms with Gasteiger partial charge in [0.05, 0.1) is 23.7 Å². The van der Waals surface area contributed by atoms with Gasteiger partial charge in [0.15, 0.2) is 0 Å². The molecule has 2 atom stereocenters. The molecule has 2 aliphatic rings. The van der Waals surface area contributed by atoms with Gasteiger partial charge >= 0.3 is 6.03 Å². The lowest BCUT2D eigenvalue weighted by Gasteiger charge is -2.38. The largest absolute Gasteiger partial charge is 0.332 e. The molecule has 1 N–H and O–H groups in total. The summed E-state index contributed by atoms with van der Waals surface area (Å²) in [7, 11) is 0. The minimum absolute atomic E-state index is 0.000296. The molecule has 1 aromatic carbocycles. The van der Waals surface area contributed by atoms with Gasteiger partial charge in [-0.15, -0.1) is 0 Å². The zero-order valence-electron chi connectivity index (χ0n) is 13.4. The number of fused-ring (bicyclic) bond motifs is 1. The molecule has 5 nitrogen and oxygen atoms in total. The highest BCUT2D eigenvalue weighted by Crippen LogP contribution is 2.26. The molecule has 0 radical (unpaired) electrons. The lowest BCUT2D eigenvalue weighted by molar-refractivity contribution is 0.122. The van der Waals surface area contributed by atoms with Crippen molar-refractivity contribution >= 4 is 6.03 Å². The number of carbonyl (C=O) groups excluding carboxylic acids is 1. The molecule has 0 aromatic heterocycles. The van der Waals surface area contributed by atoms with Crippen LogP contribution in [0.15, 0.2) is 18.2 Å². The summed E-state index contributed by atoms with van der Waals surface area (Å²) >= 11 is 0. The topological polar surface area (TPSA) is 59.4 Å². The van der Waals surface area contributed by atoms with Crippen LogP contribution in [0.4, 0.5) is 9.18 Å². The van der Waals surface area contributed by atoms with Crippen LogP contribution < -0.4 is 5.32 Å². The third-order valence-electron chi connectivity index (χ3n) is 4.70. The SMILES string of the molecule is CC(C)N1C(=O)N[C@@H]2CN(Cc3cc(F)ccc3C#N)CC[C@@H]21. The minimum Gasteiger partial charge on any atom is -0.332 e. The molecule has 2 fully saturated rings. The van der Waals surface area contributed by atoms with Gasteiger partial charge in [-0.25, -0.2) is 9.18 Å². The number of carbonyl (C=O) groups is 1. The van der Waals surface area contributed by atoms with Crippen LogP contribution in [0.25, 0.3) is 0 Å². The molecule has 0 aliphatic carbocycles. The van der Waals surface area contributed by atoms with Gasteiger partial charge in [-0.05, 0) is 44.0 Å². The predicted molar refractivity (Wildman–Crippen MR) is 84.1 cm³/mol. The van der Waals surface area contributed by atoms with Crippen molar-refractivity contribution in [3.8, 4) is 6.07 Å². The van der Waals surface area contributed by atoms with E-state index in [9.17, 15) is 9.18 Å². The Bertz CT molecular complexity index is 654. The Kier molecular flexibility index (Phi) is 4.22. The fraction of sp³-hybridized carbons (Fsp3) is 0.529. The quantitative estimate of drug-likeness (QED) is 0.929. The average molecular weight is 316 g/mol. The fourth-order valence-corrected chi connectivity index (χ4v) is 3.67. The van der Waals surface area contributed by atoms with E-state index in [1.807, 2.05) is 18.7 Å². The van der Waals surface area contributed by atoms with Gasteiger partial charge in [0.25, 0.3) is 0 Å². The normalized spacial score (nSPS) is 24.5. The first-order chi connectivity index (χ1) is 11.0. The number of piperidine rings is 1. The second-order valence-corrected chi connectivity index (χ2v) is 6.56. The number of likely N-dealkylation sites (tertiary alicyclic amines) is 1. The van der Waals surface area contributed by atoms with Crippen molar-refractivity contribution in [2.24, 2.45) is 0 Å². The van der Waals surface area contributed by atoms with E-state index >= 15 is 0 Å². The van der Waals surface area contributed by atoms with Crippen LogP contribution in [0.3, 0.4) is 0 Å². The second kappa shape index (κ2) is 6.17. The van der Waals surface area contributed by atoms with E-state index in [-0.39, 0.29) is 30.0 Å². The molecule has 6 heteroatoms. The zero-order chi connectivity index (χ0) is 16.6. The maximum Gasteiger partial charge on any atom is 0.318 e. The van der Waals surface area contributed by atoms with Crippen molar-refractivity contribution in [3.05, 3.63) is 35.1 Å². The monoisotopic (exact) mass is 316 g/mol. The lowest BCUT2D eigenvalue weighted by Crippen LogP contribution is -2.51. The number of urea groups is 1. The number of hydrogen-bond acceptors (Lipinski definition) is 3. The molecule has 23 heavy (non-hydrogen) atoms. The van der Waals surface area contributed by atoms with Crippen LogP contribution in [0.1, 0.15) is 31.4 Å². The van der Waals surface area contributed by atoms with Crippen LogP contribution in [0, 0.1) is 17.1 Å². The van der Waals surface area contributed by atoms with Gasteiger partial charge in [0, 0.05) is 25.7 Å². The van der Waals surface area contributed by atoms with E-state index in [0.29, 0.717) is 17.7 Å². The summed E-state index contributed by atoms with van der Waals surface area (Å²) in [5.74, 6) is -0.325. The van der Waals surface area contributed by atoms with E-state index in [1.54, 1.807) is 0 Å². The van der Waals surface area contributed by atoms with Crippen molar-refractivity contribution in [2.75, 3.05) is 13.1 Å². The summed E-state index contributed by atoms with van der Waals surface area (Å²) in [5.41, 5.74) is 1.21. The summed E-state index contributed by atoms with van der Waals surface area (Å²) in [6.45, 7) is 6.14. The molecule has 2 heterocycles. The highest BCUT2D eigenvalue weighted by Gasteiger charge is 2.43. The van der Waals surface area contributed by atoms with Gasteiger partial charge in [0.1, 0.15) is 5.82 Å². The fourth-order valence-electron chi connectivity index (χ4n) is 3.67. The number of nitrogens with zero attached hydrogens (tertiary/aromatic N) is 3. The van der Waals surface area contributed by atoms with Crippen molar-refractivity contribution in [2.45, 2.75) is 44.9 Å². The Morgan fingerprint density at radius 3 is 2.96 bits per heavy atom. The summed E-state index contributed by atoms with van der Waals surface area (Å²) in [6, 6.07) is 6.88. The highest BCUT2D eigenvalue weighted by molar-refractivity contribution is 5.78. The van der Waals surface area contributed by atoms with Gasteiger partial charge < -0.3 is 10.2 Å². The van der Waals surface area contributed by atoms with Crippen molar-refractivity contribution in [1.29, 1.82) is 5.26 Å². The summed E-state index contributed by atoms with van der Waals surface area (Å²) in [4.78, 5) is 16.2. The number of nitriles is 1. The van der Waals surface area contributed by atoms with Gasteiger partial charge in [0.2, 0.25) is 0 Å². The van der Waals surface area contributed by atoms with Crippen LogP contribution in [0.5, 0.6) is 0 Å². The Labute approximate surface area is 135 Å². The van der Waals surface area contributed by atoms with E-state index in [0.717, 1.165) is 19.5 Å². The van der Waals surface area contributed by atoms with Crippen molar-refractivity contribution < 1.29 is 9.18 Å². The molecule has 0 spiro atoms. The Hall–Kier alpha value is -2.13. The smallest absolute Gasteiger partial charge is 0.318 e. The third-order valence-corrected chi connectivity index (χ3v) is 4.70. The average Bonchev–Trinajstić information content (AvgIpc) is 2.82. The minimum atomic E-state index is -0.325. The predicted octanol–water partition coefficient (Wildman–Crippen LogP) is 2.07. The van der Waals surface area contributed by atoms with E-state index in [4.69, 9.17) is 5.26 Å². The highest BCUT2D eigenvalue weighted by atomic mass is 19.1. The number of nitrogens with one attached hydrogen (secondary N) is 1. The Morgan fingerprint density at radius 2 is 2.26 bits per heavy atom. The first kappa shape index (κ1) is 15.8. The van der Waals surface area contributed by atoms with Gasteiger partial charge in [-0.1, -0.05) is 0 Å². The van der Waals surface area contributed by atoms with E-state index in [1.165, 1.54) is 18.2 Å². The van der Waals surface area contributed by atoms with Gasteiger partial charge in [-0.3, -0.25) is 4.90 Å². The second-order valence-electron chi connectivity index (χ2n) is 6.56. The molecule has 2 aliphatic heterocycles. The standard InChI is InChI=1S/C17H21FN4O/c1-11(2)22-16-5-6-21(10-15(16)20-17(22)23)9-13-7-14(18)4-3-12(13)8-19/h3-4,7,11,15-16H,5-6,9-10H2,1-2H3,(H,20,23)/t15-,16+/m1/s1. The molecule has 3 rings (SSSR count). The Balaban J connectivity index is 1.71. The molecule has 0 saturated carbocycles. The lowest BCUT2D eigenvalue weighted by atomic mass is 9.98. The molecule has 0 unspecified atom stereocenters. The van der Waals surface area contributed by atoms with Crippen molar-refractivity contribution in [3.63, 3.8) is 0 Å². The molecular formula is C17H21FN4O. The molecule has 1 aromatic rings. The maximum atomic E-state index is 13.5. The molecule has 122 valence electrons.